The number of Topliss-reactive ketones (excluding diaryl/α,β-unsaturated/α-hetero) is 1. The van der Waals surface area contributed by atoms with Crippen molar-refractivity contribution in [2.45, 2.75) is 72.3 Å². The number of aryl methyl sites for hydroxylation is 2. The van der Waals surface area contributed by atoms with Gasteiger partial charge in [-0.1, -0.05) is 13.8 Å². The van der Waals surface area contributed by atoms with Gasteiger partial charge in [0.1, 0.15) is 10.6 Å². The molecule has 1 aliphatic heterocycles. The summed E-state index contributed by atoms with van der Waals surface area (Å²) >= 11 is 8.07. The molecule has 2 bridgehead atoms. The first-order valence-corrected chi connectivity index (χ1v) is 13.7. The Balaban J connectivity index is 1.44. The van der Waals surface area contributed by atoms with E-state index in [1.807, 2.05) is 11.3 Å². The van der Waals surface area contributed by atoms with E-state index in [1.165, 1.54) is 45.4 Å². The second-order valence-electron chi connectivity index (χ2n) is 10.9. The van der Waals surface area contributed by atoms with E-state index < -0.39 is 0 Å². The van der Waals surface area contributed by atoms with Gasteiger partial charge in [-0.25, -0.2) is 4.52 Å². The summed E-state index contributed by atoms with van der Waals surface area (Å²) in [5.41, 5.74) is 8.28. The lowest BCUT2D eigenvalue weighted by molar-refractivity contribution is -0.118. The van der Waals surface area contributed by atoms with Gasteiger partial charge in [0.05, 0.1) is 12.2 Å². The molecule has 1 N–H and O–H groups in total. The Kier molecular flexibility index (Phi) is 5.40. The van der Waals surface area contributed by atoms with Crippen LogP contribution >= 0.6 is 22.9 Å². The van der Waals surface area contributed by atoms with E-state index in [2.05, 4.69) is 60.8 Å². The fourth-order valence-electron chi connectivity index (χ4n) is 6.72. The minimum absolute atomic E-state index is 0.273. The fourth-order valence-corrected chi connectivity index (χ4v) is 8.32. The number of ketones is 1. The van der Waals surface area contributed by atoms with Gasteiger partial charge in [-0.3, -0.25) is 9.69 Å². The molecule has 184 valence electrons. The van der Waals surface area contributed by atoms with Crippen molar-refractivity contribution in [1.82, 2.24) is 24.5 Å². The van der Waals surface area contributed by atoms with Crippen LogP contribution in [0.3, 0.4) is 0 Å². The maximum absolute atomic E-state index is 11.7. The average molecular weight is 510 g/mol. The molecule has 0 spiro atoms. The molecule has 1 saturated heterocycles. The number of aromatic nitrogens is 4. The van der Waals surface area contributed by atoms with Gasteiger partial charge in [-0.15, -0.1) is 16.4 Å². The molecule has 6 nitrogen and oxygen atoms in total. The summed E-state index contributed by atoms with van der Waals surface area (Å²) in [5.74, 6) is 1.92. The number of halogens is 1. The molecular formula is C27H32ClN5OS. The summed E-state index contributed by atoms with van der Waals surface area (Å²) in [4.78, 5) is 25.1. The molecular weight excluding hydrogens is 478 g/mol. The molecule has 4 aromatic rings. The van der Waals surface area contributed by atoms with E-state index >= 15 is 0 Å². The van der Waals surface area contributed by atoms with E-state index in [4.69, 9.17) is 11.6 Å². The number of nitrogens with zero attached hydrogens (tertiary/aromatic N) is 4. The fraction of sp³-hybridized carbons (Fsp3) is 0.519. The topological polar surface area (TPSA) is 66.3 Å². The van der Waals surface area contributed by atoms with Crippen molar-refractivity contribution in [3.05, 3.63) is 38.6 Å². The van der Waals surface area contributed by atoms with Crippen LogP contribution in [0.2, 0.25) is 5.28 Å². The van der Waals surface area contributed by atoms with Crippen LogP contribution in [0.15, 0.2) is 6.20 Å². The van der Waals surface area contributed by atoms with Gasteiger partial charge in [0.15, 0.2) is 5.65 Å². The van der Waals surface area contributed by atoms with Gasteiger partial charge >= 0.3 is 0 Å². The summed E-state index contributed by atoms with van der Waals surface area (Å²) in [5, 5.41) is 6.05. The Hall–Kier alpha value is -2.22. The number of hydrogen-bond acceptors (Lipinski definition) is 5. The van der Waals surface area contributed by atoms with E-state index in [9.17, 15) is 4.79 Å². The Morgan fingerprint density at radius 1 is 1.23 bits per heavy atom. The number of piperidine rings is 1. The first-order chi connectivity index (χ1) is 16.6. The third kappa shape index (κ3) is 3.50. The molecule has 1 saturated carbocycles. The number of fused-ring (bicyclic) bond motifs is 4. The summed E-state index contributed by atoms with van der Waals surface area (Å²) in [6, 6.07) is 0.556. The van der Waals surface area contributed by atoms with Crippen LogP contribution < -0.4 is 0 Å². The third-order valence-corrected chi connectivity index (χ3v) is 9.88. The van der Waals surface area contributed by atoms with Gasteiger partial charge in [-0.2, -0.15) is 4.98 Å². The molecule has 3 atom stereocenters. The number of carbonyl (C=O) groups is 1. The number of pyridine rings is 1. The Morgan fingerprint density at radius 2 is 2.00 bits per heavy atom. The van der Waals surface area contributed by atoms with E-state index in [1.54, 1.807) is 16.3 Å². The van der Waals surface area contributed by atoms with Crippen molar-refractivity contribution in [1.29, 1.82) is 0 Å². The van der Waals surface area contributed by atoms with Crippen molar-refractivity contribution in [3.8, 4) is 11.3 Å². The monoisotopic (exact) mass is 509 g/mol. The molecule has 5 heterocycles. The molecule has 0 amide bonds. The first kappa shape index (κ1) is 23.2. The second-order valence-corrected chi connectivity index (χ2v) is 12.3. The van der Waals surface area contributed by atoms with Crippen molar-refractivity contribution in [2.75, 3.05) is 13.1 Å². The normalized spacial score (nSPS) is 22.5. The maximum atomic E-state index is 11.7. The molecule has 1 unspecified atom stereocenters. The molecule has 0 aromatic carbocycles. The zero-order valence-corrected chi connectivity index (χ0v) is 22.8. The highest BCUT2D eigenvalue weighted by molar-refractivity contribution is 7.19. The Labute approximate surface area is 214 Å². The number of rotatable bonds is 5. The number of aromatic amines is 1. The van der Waals surface area contributed by atoms with Crippen LogP contribution in [0.25, 0.3) is 27.1 Å². The van der Waals surface area contributed by atoms with E-state index in [0.29, 0.717) is 30.3 Å². The van der Waals surface area contributed by atoms with Gasteiger partial charge in [0.2, 0.25) is 5.28 Å². The predicted octanol–water partition coefficient (Wildman–Crippen LogP) is 6.41. The Bertz CT molecular complexity index is 1490. The number of carbonyl (C=O) groups excluding carboxylic acids is 1. The number of hydrogen-bond donors (Lipinski definition) is 1. The lowest BCUT2D eigenvalue weighted by Crippen LogP contribution is -2.37. The minimum Gasteiger partial charge on any atom is -0.346 e. The third-order valence-electron chi connectivity index (χ3n) is 8.38. The van der Waals surface area contributed by atoms with Crippen LogP contribution in [0, 0.1) is 26.7 Å². The Morgan fingerprint density at radius 3 is 2.66 bits per heavy atom. The molecule has 1 aliphatic carbocycles. The van der Waals surface area contributed by atoms with Crippen molar-refractivity contribution >= 4 is 44.6 Å². The van der Waals surface area contributed by atoms with Gasteiger partial charge < -0.3 is 4.98 Å². The number of likely N-dealkylation sites (tertiary alicyclic amines) is 1. The first-order valence-electron chi connectivity index (χ1n) is 12.5. The van der Waals surface area contributed by atoms with Crippen molar-refractivity contribution in [2.24, 2.45) is 5.92 Å². The number of nitrogens with one attached hydrogen (secondary N) is 1. The molecule has 0 radical (unpaired) electrons. The van der Waals surface area contributed by atoms with Crippen molar-refractivity contribution < 1.29 is 4.79 Å². The van der Waals surface area contributed by atoms with Gasteiger partial charge in [-0.05, 0) is 92.1 Å². The lowest BCUT2D eigenvalue weighted by atomic mass is 9.88. The van der Waals surface area contributed by atoms with E-state index in [-0.39, 0.29) is 11.1 Å². The summed E-state index contributed by atoms with van der Waals surface area (Å²) < 4.78 is 1.80. The highest BCUT2D eigenvalue weighted by atomic mass is 35.5. The van der Waals surface area contributed by atoms with Crippen LogP contribution in [0.5, 0.6) is 0 Å². The smallest absolute Gasteiger partial charge is 0.243 e. The van der Waals surface area contributed by atoms with Crippen LogP contribution in [0.1, 0.15) is 72.6 Å². The van der Waals surface area contributed by atoms with E-state index in [0.717, 1.165) is 23.3 Å². The predicted molar refractivity (Wildman–Crippen MR) is 143 cm³/mol. The summed E-state index contributed by atoms with van der Waals surface area (Å²) in [7, 11) is 0. The zero-order valence-electron chi connectivity index (χ0n) is 21.2. The summed E-state index contributed by atoms with van der Waals surface area (Å²) in [6.45, 7) is 14.5. The zero-order chi connectivity index (χ0) is 24.8. The molecule has 2 fully saturated rings. The SMILES string of the molecule is CC(=O)CN1C[C@@H]2CC1C[C@H]2c1sc2[nH]c(-c3cn4nc(Cl)nc4c(C)c3C)c(C(C)C)c2c1C. The lowest BCUT2D eigenvalue weighted by Gasteiger charge is -2.30. The largest absolute Gasteiger partial charge is 0.346 e. The minimum atomic E-state index is 0.273. The maximum Gasteiger partial charge on any atom is 0.243 e. The second kappa shape index (κ2) is 8.15. The molecule has 35 heavy (non-hydrogen) atoms. The van der Waals surface area contributed by atoms with Gasteiger partial charge in [0.25, 0.3) is 0 Å². The average Bonchev–Trinajstić information content (AvgIpc) is 3.57. The summed E-state index contributed by atoms with van der Waals surface area (Å²) in [6.07, 6.45) is 4.46. The molecule has 4 aromatic heterocycles. The van der Waals surface area contributed by atoms with Gasteiger partial charge in [0, 0.05) is 34.6 Å². The highest BCUT2D eigenvalue weighted by Crippen LogP contribution is 2.53. The number of H-pyrrole nitrogens is 1. The van der Waals surface area contributed by atoms with Crippen molar-refractivity contribution in [3.63, 3.8) is 0 Å². The van der Waals surface area contributed by atoms with Crippen LogP contribution in [-0.4, -0.2) is 49.4 Å². The molecule has 6 rings (SSSR count). The van der Waals surface area contributed by atoms with Crippen LogP contribution in [-0.2, 0) is 4.79 Å². The molecule has 2 aliphatic rings. The number of thiophene rings is 1. The quantitative estimate of drug-likeness (QED) is 0.337. The van der Waals surface area contributed by atoms with Crippen LogP contribution in [0.4, 0.5) is 0 Å². The standard InChI is InChI=1S/C27H32ClN5OS/c1-12(2)21-22-16(6)24(19-8-18-7-17(19)10-32(18)9-13(3)34)35-26(22)29-23(21)20-11-33-25(15(5)14(20)4)30-27(28)31-33/h11-12,17-19,29H,7-10H2,1-6H3/t17-,18?,19+/m0/s1. The highest BCUT2D eigenvalue weighted by Gasteiger charge is 2.46. The molecule has 8 heteroatoms.